The maximum atomic E-state index is 11.8. The number of carbonyl (C=O) groups excluding carboxylic acids is 1. The third-order valence-corrected chi connectivity index (χ3v) is 3.71. The molecule has 1 amide bonds. The zero-order valence-electron chi connectivity index (χ0n) is 13.7. The molecule has 8 nitrogen and oxygen atoms in total. The molecule has 8 heteroatoms. The van der Waals surface area contributed by atoms with Crippen LogP contribution in [0.25, 0.3) is 11.2 Å². The van der Waals surface area contributed by atoms with Crippen LogP contribution >= 0.6 is 0 Å². The fourth-order valence-corrected chi connectivity index (χ4v) is 2.61. The third-order valence-electron chi connectivity index (χ3n) is 3.71. The Bertz CT molecular complexity index is 796. The fraction of sp³-hybridized carbons (Fsp3) is 0.533. The molecule has 0 saturated carbocycles. The predicted octanol–water partition coefficient (Wildman–Crippen LogP) is 0.975. The number of nitrogens with one attached hydrogen (secondary N) is 2. The molecule has 124 valence electrons. The summed E-state index contributed by atoms with van der Waals surface area (Å²) in [7, 11) is 1.68. The lowest BCUT2D eigenvalue weighted by Crippen LogP contribution is -2.60. The number of hydrogen-bond acceptors (Lipinski definition) is 5. The summed E-state index contributed by atoms with van der Waals surface area (Å²) >= 11 is 0. The maximum absolute atomic E-state index is 11.8. The quantitative estimate of drug-likeness (QED) is 0.860. The normalized spacial score (nSPS) is 15.6. The van der Waals surface area contributed by atoms with Gasteiger partial charge in [-0.15, -0.1) is 0 Å². The molecule has 0 atom stereocenters. The van der Waals surface area contributed by atoms with Gasteiger partial charge in [0.25, 0.3) is 0 Å². The lowest BCUT2D eigenvalue weighted by Gasteiger charge is -2.41. The van der Waals surface area contributed by atoms with Crippen LogP contribution in [-0.2, 0) is 11.8 Å². The Labute approximate surface area is 133 Å². The van der Waals surface area contributed by atoms with Crippen LogP contribution in [0.1, 0.15) is 20.8 Å². The maximum Gasteiger partial charge on any atom is 0.407 e. The van der Waals surface area contributed by atoms with Crippen LogP contribution in [0.3, 0.4) is 0 Å². The van der Waals surface area contributed by atoms with Crippen molar-refractivity contribution in [3.05, 3.63) is 22.7 Å². The largest absolute Gasteiger partial charge is 0.444 e. The first-order valence-corrected chi connectivity index (χ1v) is 7.53. The molecule has 3 rings (SSSR count). The van der Waals surface area contributed by atoms with Gasteiger partial charge in [0.05, 0.1) is 11.7 Å². The van der Waals surface area contributed by atoms with E-state index in [0.717, 1.165) is 11.2 Å². The van der Waals surface area contributed by atoms with E-state index in [1.165, 1.54) is 4.57 Å². The van der Waals surface area contributed by atoms with Gasteiger partial charge in [-0.3, -0.25) is 4.57 Å². The van der Waals surface area contributed by atoms with Crippen LogP contribution < -0.4 is 15.9 Å². The molecule has 2 aromatic rings. The molecule has 0 radical (unpaired) electrons. The standard InChI is InChI=1S/C15H21N5O3/c1-15(2,3)23-14(22)17-9-7-20(8-9)10-5-6-16-12-11(10)18-13(21)19(12)4/h5-6,9H,7-8H2,1-4H3,(H,17,22)(H,18,21). The van der Waals surface area contributed by atoms with Gasteiger partial charge in [-0.2, -0.15) is 0 Å². The zero-order chi connectivity index (χ0) is 16.8. The number of aryl methyl sites for hydroxylation is 1. The number of anilines is 1. The molecule has 23 heavy (non-hydrogen) atoms. The average molecular weight is 319 g/mol. The molecule has 3 heterocycles. The van der Waals surface area contributed by atoms with Crippen molar-refractivity contribution in [2.45, 2.75) is 32.4 Å². The Kier molecular flexibility index (Phi) is 3.54. The molecule has 0 unspecified atom stereocenters. The number of ether oxygens (including phenoxy) is 1. The molecule has 1 fully saturated rings. The second kappa shape index (κ2) is 5.29. The monoisotopic (exact) mass is 319 g/mol. The molecular formula is C15H21N5O3. The van der Waals surface area contributed by atoms with Crippen molar-refractivity contribution >= 4 is 22.9 Å². The Morgan fingerprint density at radius 1 is 1.43 bits per heavy atom. The zero-order valence-corrected chi connectivity index (χ0v) is 13.7. The fourth-order valence-electron chi connectivity index (χ4n) is 2.61. The van der Waals surface area contributed by atoms with Gasteiger partial charge >= 0.3 is 11.8 Å². The number of amides is 1. The number of carbonyl (C=O) groups is 1. The average Bonchev–Trinajstić information content (AvgIpc) is 2.68. The highest BCUT2D eigenvalue weighted by Gasteiger charge is 2.31. The number of hydrogen-bond donors (Lipinski definition) is 2. The Morgan fingerprint density at radius 2 is 2.13 bits per heavy atom. The minimum absolute atomic E-state index is 0.0310. The Balaban J connectivity index is 1.67. The lowest BCUT2D eigenvalue weighted by molar-refractivity contribution is 0.0496. The minimum Gasteiger partial charge on any atom is -0.444 e. The number of nitrogens with zero attached hydrogens (tertiary/aromatic N) is 3. The van der Waals surface area contributed by atoms with Gasteiger partial charge in [0.15, 0.2) is 5.65 Å². The minimum atomic E-state index is -0.506. The molecule has 0 aliphatic carbocycles. The van der Waals surface area contributed by atoms with E-state index in [1.54, 1.807) is 13.2 Å². The molecule has 2 N–H and O–H groups in total. The second-order valence-corrected chi connectivity index (χ2v) is 6.77. The SMILES string of the molecule is Cn1c(=O)[nH]c2c(N3CC(NC(=O)OC(C)(C)C)C3)ccnc21. The van der Waals surface area contributed by atoms with Gasteiger partial charge in [0, 0.05) is 26.3 Å². The van der Waals surface area contributed by atoms with E-state index in [2.05, 4.69) is 20.2 Å². The highest BCUT2D eigenvalue weighted by atomic mass is 16.6. The predicted molar refractivity (Wildman–Crippen MR) is 86.7 cm³/mol. The number of aromatic nitrogens is 3. The first kappa shape index (κ1) is 15.4. The van der Waals surface area contributed by atoms with Gasteiger partial charge in [-0.25, -0.2) is 14.6 Å². The molecule has 0 spiro atoms. The van der Waals surface area contributed by atoms with Crippen molar-refractivity contribution in [3.8, 4) is 0 Å². The van der Waals surface area contributed by atoms with Crippen LogP contribution in [-0.4, -0.2) is 45.4 Å². The Hall–Kier alpha value is -2.51. The van der Waals surface area contributed by atoms with Gasteiger partial charge < -0.3 is 19.9 Å². The summed E-state index contributed by atoms with van der Waals surface area (Å²) < 4.78 is 6.73. The van der Waals surface area contributed by atoms with Crippen LogP contribution in [0.5, 0.6) is 0 Å². The molecule has 2 aromatic heterocycles. The van der Waals surface area contributed by atoms with Gasteiger partial charge in [-0.05, 0) is 26.8 Å². The van der Waals surface area contributed by atoms with Crippen molar-refractivity contribution in [1.29, 1.82) is 0 Å². The van der Waals surface area contributed by atoms with Gasteiger partial charge in [0.2, 0.25) is 0 Å². The van der Waals surface area contributed by atoms with Crippen molar-refractivity contribution in [1.82, 2.24) is 19.9 Å². The second-order valence-electron chi connectivity index (χ2n) is 6.77. The van der Waals surface area contributed by atoms with Crippen molar-refractivity contribution in [3.63, 3.8) is 0 Å². The van der Waals surface area contributed by atoms with E-state index >= 15 is 0 Å². The van der Waals surface area contributed by atoms with E-state index in [4.69, 9.17) is 4.74 Å². The lowest BCUT2D eigenvalue weighted by atomic mass is 10.1. The number of pyridine rings is 1. The summed E-state index contributed by atoms with van der Waals surface area (Å²) in [5.74, 6) is 0. The van der Waals surface area contributed by atoms with Crippen molar-refractivity contribution in [2.24, 2.45) is 7.05 Å². The molecule has 0 aromatic carbocycles. The summed E-state index contributed by atoms with van der Waals surface area (Å²) in [5, 5.41) is 2.84. The summed E-state index contributed by atoms with van der Waals surface area (Å²) in [6.45, 7) is 6.82. The third kappa shape index (κ3) is 3.01. The number of fused-ring (bicyclic) bond motifs is 1. The number of aromatic amines is 1. The number of H-pyrrole nitrogens is 1. The van der Waals surface area contributed by atoms with Crippen molar-refractivity contribution in [2.75, 3.05) is 18.0 Å². The smallest absolute Gasteiger partial charge is 0.407 e. The molecule has 1 saturated heterocycles. The number of imidazole rings is 1. The van der Waals surface area contributed by atoms with Gasteiger partial charge in [0.1, 0.15) is 11.1 Å². The number of alkyl carbamates (subject to hydrolysis) is 1. The van der Waals surface area contributed by atoms with Crippen LogP contribution in [0, 0.1) is 0 Å². The topological polar surface area (TPSA) is 92.2 Å². The molecule has 1 aliphatic rings. The van der Waals surface area contributed by atoms with Gasteiger partial charge in [-0.1, -0.05) is 0 Å². The van der Waals surface area contributed by atoms with E-state index in [9.17, 15) is 9.59 Å². The van der Waals surface area contributed by atoms with Crippen LogP contribution in [0.4, 0.5) is 10.5 Å². The number of rotatable bonds is 2. The molecule has 1 aliphatic heterocycles. The van der Waals surface area contributed by atoms with E-state index < -0.39 is 11.7 Å². The summed E-state index contributed by atoms with van der Waals surface area (Å²) in [6, 6.07) is 1.89. The molecule has 0 bridgehead atoms. The molecular weight excluding hydrogens is 298 g/mol. The van der Waals surface area contributed by atoms with E-state index in [-0.39, 0.29) is 11.7 Å². The summed E-state index contributed by atoms with van der Waals surface area (Å²) in [6.07, 6.45) is 1.27. The van der Waals surface area contributed by atoms with Crippen LogP contribution in [0.15, 0.2) is 17.1 Å². The van der Waals surface area contributed by atoms with E-state index in [1.807, 2.05) is 26.8 Å². The summed E-state index contributed by atoms with van der Waals surface area (Å²) in [4.78, 5) is 32.6. The summed E-state index contributed by atoms with van der Waals surface area (Å²) in [5.41, 5.74) is 1.56. The highest BCUT2D eigenvalue weighted by molar-refractivity contribution is 5.86. The highest BCUT2D eigenvalue weighted by Crippen LogP contribution is 2.26. The first-order valence-electron chi connectivity index (χ1n) is 7.53. The van der Waals surface area contributed by atoms with Crippen LogP contribution in [0.2, 0.25) is 0 Å². The first-order chi connectivity index (χ1) is 10.7. The van der Waals surface area contributed by atoms with Crippen molar-refractivity contribution < 1.29 is 9.53 Å². The Morgan fingerprint density at radius 3 is 2.78 bits per heavy atom. The van der Waals surface area contributed by atoms with E-state index in [0.29, 0.717) is 18.7 Å².